The minimum Gasteiger partial charge on any atom is -0.358 e. The van der Waals surface area contributed by atoms with Gasteiger partial charge < -0.3 is 10.1 Å². The molecule has 2 aromatic rings. The summed E-state index contributed by atoms with van der Waals surface area (Å²) in [4.78, 5) is 14.4. The highest BCUT2D eigenvalue weighted by Gasteiger charge is 2.19. The van der Waals surface area contributed by atoms with E-state index in [-0.39, 0.29) is 29.4 Å². The van der Waals surface area contributed by atoms with Crippen molar-refractivity contribution in [3.05, 3.63) is 51.4 Å². The van der Waals surface area contributed by atoms with Gasteiger partial charge in [0.1, 0.15) is 6.20 Å². The molecular weight excluding hydrogens is 330 g/mol. The Hall–Kier alpha value is -1.93. The molecule has 0 atom stereocenters. The average molecular weight is 344 g/mol. The highest BCUT2D eigenvalue weighted by Crippen LogP contribution is 2.18. The lowest BCUT2D eigenvalue weighted by molar-refractivity contribution is -0.392. The Kier molecular flexibility index (Phi) is 4.82. The Morgan fingerprint density at radius 2 is 1.95 bits per heavy atom. The molecule has 0 radical (unpaired) electrons. The van der Waals surface area contributed by atoms with E-state index < -0.39 is 14.8 Å². The summed E-state index contributed by atoms with van der Waals surface area (Å²) in [6.07, 6.45) is 1.42. The van der Waals surface area contributed by atoms with Crippen molar-refractivity contribution in [2.45, 2.75) is 24.8 Å². The molecule has 0 saturated carbocycles. The number of imidazole rings is 1. The van der Waals surface area contributed by atoms with Crippen molar-refractivity contribution in [2.24, 2.45) is 0 Å². The highest BCUT2D eigenvalue weighted by atomic mass is 35.5. The number of aromatic nitrogens is 2. The molecule has 0 amide bonds. The van der Waals surface area contributed by atoms with Crippen LogP contribution < -0.4 is 0 Å². The summed E-state index contributed by atoms with van der Waals surface area (Å²) in [6, 6.07) is 5.92. The molecule has 0 fully saturated rings. The van der Waals surface area contributed by atoms with Crippen LogP contribution in [0.15, 0.2) is 35.4 Å². The van der Waals surface area contributed by atoms with Crippen LogP contribution in [0.25, 0.3) is 0 Å². The zero-order valence-electron chi connectivity index (χ0n) is 11.8. The Morgan fingerprint density at radius 3 is 2.55 bits per heavy atom. The van der Waals surface area contributed by atoms with Crippen LogP contribution in [0.4, 0.5) is 5.82 Å². The van der Waals surface area contributed by atoms with Crippen molar-refractivity contribution in [1.82, 2.24) is 9.55 Å². The van der Waals surface area contributed by atoms with Gasteiger partial charge >= 0.3 is 5.82 Å². The number of benzene rings is 1. The van der Waals surface area contributed by atoms with Gasteiger partial charge in [0.05, 0.1) is 17.2 Å². The number of hydrogen-bond donors (Lipinski definition) is 0. The smallest absolute Gasteiger partial charge is 0.342 e. The number of halogens is 1. The molecule has 0 unspecified atom stereocenters. The predicted octanol–water partition coefficient (Wildman–Crippen LogP) is 2.62. The Balaban J connectivity index is 2.06. The van der Waals surface area contributed by atoms with E-state index in [1.54, 1.807) is 6.92 Å². The lowest BCUT2D eigenvalue weighted by Crippen LogP contribution is -2.11. The Bertz CT molecular complexity index is 784. The molecule has 0 aliphatic carbocycles. The quantitative estimate of drug-likeness (QED) is 0.593. The third-order valence-electron chi connectivity index (χ3n) is 3.19. The molecule has 0 spiro atoms. The summed E-state index contributed by atoms with van der Waals surface area (Å²) < 4.78 is 25.7. The number of sulfone groups is 1. The third kappa shape index (κ3) is 3.63. The molecule has 9 heteroatoms. The SMILES string of the molecule is Cc1ncc([N+](=O)[O-])n1CCCS(=O)(=O)c1ccc(Cl)cc1. The largest absolute Gasteiger partial charge is 0.358 e. The van der Waals surface area contributed by atoms with Gasteiger partial charge in [-0.15, -0.1) is 0 Å². The van der Waals surface area contributed by atoms with Crippen LogP contribution in [-0.2, 0) is 16.4 Å². The van der Waals surface area contributed by atoms with Crippen molar-refractivity contribution in [1.29, 1.82) is 0 Å². The van der Waals surface area contributed by atoms with Gasteiger partial charge in [0.15, 0.2) is 15.7 Å². The maximum atomic E-state index is 12.2. The van der Waals surface area contributed by atoms with Crippen molar-refractivity contribution < 1.29 is 13.3 Å². The molecule has 22 heavy (non-hydrogen) atoms. The number of hydrogen-bond acceptors (Lipinski definition) is 5. The van der Waals surface area contributed by atoms with Crippen LogP contribution in [0.5, 0.6) is 0 Å². The molecule has 0 bridgehead atoms. The van der Waals surface area contributed by atoms with Crippen LogP contribution >= 0.6 is 11.6 Å². The standard InChI is InChI=1S/C13H14ClN3O4S/c1-10-15-9-13(17(18)19)16(10)7-2-8-22(20,21)12-5-3-11(14)4-6-12/h3-6,9H,2,7-8H2,1H3. The van der Waals surface area contributed by atoms with Gasteiger partial charge in [-0.2, -0.15) is 0 Å². The van der Waals surface area contributed by atoms with E-state index >= 15 is 0 Å². The molecule has 2 rings (SSSR count). The summed E-state index contributed by atoms with van der Waals surface area (Å²) in [5.41, 5.74) is 0. The van der Waals surface area contributed by atoms with Crippen LogP contribution in [0.3, 0.4) is 0 Å². The lowest BCUT2D eigenvalue weighted by atomic mass is 10.4. The first-order valence-corrected chi connectivity index (χ1v) is 8.49. The number of nitro groups is 1. The van der Waals surface area contributed by atoms with Crippen molar-refractivity contribution >= 4 is 27.3 Å². The number of aryl methyl sites for hydroxylation is 1. The van der Waals surface area contributed by atoms with Gasteiger partial charge in [-0.25, -0.2) is 18.0 Å². The molecule has 1 aromatic heterocycles. The second-order valence-electron chi connectivity index (χ2n) is 4.70. The van der Waals surface area contributed by atoms with Gasteiger partial charge in [-0.3, -0.25) is 0 Å². The van der Waals surface area contributed by atoms with Gasteiger partial charge in [0.2, 0.25) is 0 Å². The van der Waals surface area contributed by atoms with Crippen molar-refractivity contribution in [3.63, 3.8) is 0 Å². The van der Waals surface area contributed by atoms with Gasteiger partial charge in [-0.1, -0.05) is 11.6 Å². The fraction of sp³-hybridized carbons (Fsp3) is 0.308. The molecular formula is C13H14ClN3O4S. The number of nitrogens with zero attached hydrogens (tertiary/aromatic N) is 3. The molecule has 118 valence electrons. The average Bonchev–Trinajstić information content (AvgIpc) is 2.81. The molecule has 0 aliphatic heterocycles. The monoisotopic (exact) mass is 343 g/mol. The minimum absolute atomic E-state index is 0.108. The first-order valence-electron chi connectivity index (χ1n) is 6.46. The first-order chi connectivity index (χ1) is 10.3. The Morgan fingerprint density at radius 1 is 1.32 bits per heavy atom. The number of rotatable bonds is 6. The highest BCUT2D eigenvalue weighted by molar-refractivity contribution is 7.91. The summed E-state index contributed by atoms with van der Waals surface area (Å²) in [6.45, 7) is 1.86. The predicted molar refractivity (Wildman–Crippen MR) is 81.7 cm³/mol. The summed E-state index contributed by atoms with van der Waals surface area (Å²) in [5, 5.41) is 11.3. The van der Waals surface area contributed by atoms with Crippen LogP contribution in [0.2, 0.25) is 5.02 Å². The second kappa shape index (κ2) is 6.45. The molecule has 0 saturated heterocycles. The van der Waals surface area contributed by atoms with Gasteiger partial charge in [0, 0.05) is 11.9 Å². The maximum absolute atomic E-state index is 12.2. The second-order valence-corrected chi connectivity index (χ2v) is 7.24. The van der Waals surface area contributed by atoms with E-state index in [9.17, 15) is 18.5 Å². The van der Waals surface area contributed by atoms with Crippen LogP contribution in [0.1, 0.15) is 12.2 Å². The lowest BCUT2D eigenvalue weighted by Gasteiger charge is -2.05. The normalized spacial score (nSPS) is 11.5. The molecule has 1 aromatic carbocycles. The molecule has 0 N–H and O–H groups in total. The van der Waals surface area contributed by atoms with E-state index in [1.807, 2.05) is 0 Å². The maximum Gasteiger partial charge on any atom is 0.342 e. The summed E-state index contributed by atoms with van der Waals surface area (Å²) in [7, 11) is -3.44. The zero-order chi connectivity index (χ0) is 16.3. The van der Waals surface area contributed by atoms with E-state index in [0.29, 0.717) is 10.8 Å². The fourth-order valence-corrected chi connectivity index (χ4v) is 3.47. The van der Waals surface area contributed by atoms with Crippen molar-refractivity contribution in [3.8, 4) is 0 Å². The van der Waals surface area contributed by atoms with Crippen molar-refractivity contribution in [2.75, 3.05) is 5.75 Å². The molecule has 0 aliphatic rings. The minimum atomic E-state index is -3.44. The van der Waals surface area contributed by atoms with Crippen LogP contribution in [-0.4, -0.2) is 28.6 Å². The van der Waals surface area contributed by atoms with E-state index in [1.165, 1.54) is 35.0 Å². The topological polar surface area (TPSA) is 95.1 Å². The fourth-order valence-electron chi connectivity index (χ4n) is 2.05. The van der Waals surface area contributed by atoms with Gasteiger partial charge in [0.25, 0.3) is 0 Å². The molecule has 1 heterocycles. The first kappa shape index (κ1) is 16.4. The summed E-state index contributed by atoms with van der Waals surface area (Å²) >= 11 is 5.73. The summed E-state index contributed by atoms with van der Waals surface area (Å²) in [5.74, 6) is 0.237. The van der Waals surface area contributed by atoms with Crippen LogP contribution in [0, 0.1) is 17.0 Å². The third-order valence-corrected chi connectivity index (χ3v) is 5.26. The van der Waals surface area contributed by atoms with E-state index in [4.69, 9.17) is 11.6 Å². The van der Waals surface area contributed by atoms with Gasteiger partial charge in [-0.05, 0) is 35.6 Å². The zero-order valence-corrected chi connectivity index (χ0v) is 13.3. The van der Waals surface area contributed by atoms with E-state index in [2.05, 4.69) is 4.98 Å². The van der Waals surface area contributed by atoms with E-state index in [0.717, 1.165) is 0 Å². The molecule has 7 nitrogen and oxygen atoms in total. The Labute approximate surface area is 132 Å².